The molecule has 19 heteroatoms. The van der Waals surface area contributed by atoms with Gasteiger partial charge in [0.05, 0.1) is 75.1 Å². The van der Waals surface area contributed by atoms with Crippen molar-refractivity contribution in [3.63, 3.8) is 0 Å². The first kappa shape index (κ1) is 52.5. The monoisotopic (exact) mass is 920 g/mol. The number of aliphatic hydroxyl groups excluding tert-OH is 3. The van der Waals surface area contributed by atoms with Gasteiger partial charge < -0.3 is 73.4 Å². The quantitative estimate of drug-likeness (QED) is 0.184. The van der Waals surface area contributed by atoms with Crippen molar-refractivity contribution in [1.82, 2.24) is 9.88 Å². The molecule has 366 valence electrons. The van der Waals surface area contributed by atoms with Gasteiger partial charge in [-0.25, -0.2) is 4.98 Å². The Morgan fingerprint density at radius 1 is 0.923 bits per heavy atom. The molecule has 2 bridgehead atoms. The second-order valence-corrected chi connectivity index (χ2v) is 17.9. The second kappa shape index (κ2) is 25.1. The van der Waals surface area contributed by atoms with Gasteiger partial charge in [0.15, 0.2) is 25.0 Å². The van der Waals surface area contributed by atoms with Gasteiger partial charge in [-0.15, -0.1) is 0 Å². The van der Waals surface area contributed by atoms with Gasteiger partial charge in [-0.2, -0.15) is 0 Å². The number of methoxy groups -OCH3 is 2. The minimum absolute atomic E-state index is 0.0240. The minimum Gasteiger partial charge on any atom is -0.465 e. The lowest BCUT2D eigenvalue weighted by atomic mass is 9.79. The lowest BCUT2D eigenvalue weighted by molar-refractivity contribution is -0.305. The number of aromatic nitrogens is 1. The van der Waals surface area contributed by atoms with Crippen LogP contribution >= 0.6 is 0 Å². The van der Waals surface area contributed by atoms with Crippen molar-refractivity contribution in [3.05, 3.63) is 47.7 Å². The molecule has 1 unspecified atom stereocenters. The van der Waals surface area contributed by atoms with Crippen LogP contribution in [0.2, 0.25) is 0 Å². The lowest BCUT2D eigenvalue weighted by Gasteiger charge is -2.47. The third-order valence-corrected chi connectivity index (χ3v) is 12.6. The SMILES string of the molecule is CO[C@@H]1[C@H](O)[C@@H](C)O[C@@H](OC[C@H]2/C=C(C)/C=C/C(=O)[C@H](C)CC3CCOC/C(=N\OCc4cccc(N)n4)CO[C@H](CC(=O)OC2)[C@H](C)[C@H]3O[C@@H]2O[C@H](C)[C@@H](O)[C@H](N(C)C)[C@H]2O)[C@@H]1OC. The van der Waals surface area contributed by atoms with Gasteiger partial charge in [-0.05, 0) is 71.8 Å². The molecule has 0 radical (unpaired) electrons. The number of fused-ring (bicyclic) bond motifs is 3. The number of oxime groups is 1. The highest BCUT2D eigenvalue weighted by molar-refractivity contribution is 5.91. The van der Waals surface area contributed by atoms with Crippen LogP contribution in [0.3, 0.4) is 0 Å². The second-order valence-electron chi connectivity index (χ2n) is 17.9. The molecular weight excluding hydrogens is 849 g/mol. The predicted molar refractivity (Wildman–Crippen MR) is 236 cm³/mol. The number of hydrogen-bond acceptors (Lipinski definition) is 19. The van der Waals surface area contributed by atoms with Gasteiger partial charge >= 0.3 is 5.97 Å². The van der Waals surface area contributed by atoms with Crippen molar-refractivity contribution in [1.29, 1.82) is 0 Å². The summed E-state index contributed by atoms with van der Waals surface area (Å²) < 4.78 is 55.1. The molecule has 0 spiro atoms. The maximum Gasteiger partial charge on any atom is 0.308 e. The number of hydrogen-bond donors (Lipinski definition) is 4. The average molecular weight is 921 g/mol. The molecule has 4 aliphatic rings. The third-order valence-electron chi connectivity index (χ3n) is 12.6. The number of anilines is 1. The lowest BCUT2D eigenvalue weighted by Crippen LogP contribution is -2.63. The smallest absolute Gasteiger partial charge is 0.308 e. The van der Waals surface area contributed by atoms with Crippen LogP contribution in [0.4, 0.5) is 5.82 Å². The number of nitrogen functional groups attached to an aromatic ring is 1. The molecule has 65 heavy (non-hydrogen) atoms. The summed E-state index contributed by atoms with van der Waals surface area (Å²) in [5, 5.41) is 37.7. The molecular formula is C46H72N4O15. The highest BCUT2D eigenvalue weighted by atomic mass is 16.7. The Labute approximate surface area is 382 Å². The van der Waals surface area contributed by atoms with Crippen molar-refractivity contribution < 1.29 is 72.4 Å². The Hall–Kier alpha value is -3.44. The Morgan fingerprint density at radius 3 is 2.35 bits per heavy atom. The Morgan fingerprint density at radius 2 is 1.65 bits per heavy atom. The maximum atomic E-state index is 14.1. The van der Waals surface area contributed by atoms with Crippen LogP contribution in [0.1, 0.15) is 59.6 Å². The normalized spacial score (nSPS) is 39.3. The summed E-state index contributed by atoms with van der Waals surface area (Å²) in [6.07, 6.45) is -3.99. The van der Waals surface area contributed by atoms with Gasteiger partial charge in [-0.1, -0.05) is 42.8 Å². The Balaban J connectivity index is 1.47. The van der Waals surface area contributed by atoms with Gasteiger partial charge in [0.1, 0.15) is 35.9 Å². The number of ketones is 1. The summed E-state index contributed by atoms with van der Waals surface area (Å²) in [5.74, 6) is -2.27. The number of cyclic esters (lactones) is 1. The number of nitrogens with zero attached hydrogens (tertiary/aromatic N) is 3. The van der Waals surface area contributed by atoms with Crippen LogP contribution < -0.4 is 5.73 Å². The van der Waals surface area contributed by atoms with Crippen LogP contribution in [0.5, 0.6) is 0 Å². The van der Waals surface area contributed by atoms with Crippen LogP contribution in [0, 0.1) is 23.7 Å². The highest BCUT2D eigenvalue weighted by Gasteiger charge is 2.48. The number of esters is 1. The first-order valence-corrected chi connectivity index (χ1v) is 22.5. The van der Waals surface area contributed by atoms with Crippen molar-refractivity contribution in [3.8, 4) is 0 Å². The number of carbonyl (C=O) groups is 2. The molecule has 1 aromatic heterocycles. The standard InChI is InChI=1S/C46H72N4O15/c1-25-13-14-34(51)26(2)18-31-15-16-58-22-33(49-62-24-32-11-10-12-36(47)48-32)23-59-35(27(3)42(31)65-45-41(55)38(50(6)7)39(53)28(4)63-45)19-37(52)60-20-30(17-25)21-61-46-44(57-9)43(56-8)40(54)29(5)64-46/h10-14,17,26-31,35,38-46,53-55H,15-16,18-24H2,1-9H3,(H2,47,48)/b14-13+,25-17+,49-33+/t26-,27+,28-,29-,30+,31?,35-,38+,39-,40-,41-,42-,43-,44-,45+,46-/m1/s1. The van der Waals surface area contributed by atoms with Crippen molar-refractivity contribution in [2.45, 2.75) is 134 Å². The van der Waals surface area contributed by atoms with Crippen LogP contribution in [-0.4, -0.2) is 178 Å². The molecule has 0 aliphatic carbocycles. The number of rotatable bonds is 11. The molecule has 3 fully saturated rings. The first-order valence-electron chi connectivity index (χ1n) is 22.5. The third kappa shape index (κ3) is 14.5. The average Bonchev–Trinajstić information content (AvgIpc) is 3.28. The predicted octanol–water partition coefficient (Wildman–Crippen LogP) is 2.19. The fourth-order valence-electron chi connectivity index (χ4n) is 8.87. The van der Waals surface area contributed by atoms with Crippen molar-refractivity contribution in [2.75, 3.05) is 67.1 Å². The summed E-state index contributed by atoms with van der Waals surface area (Å²) in [7, 11) is 6.48. The zero-order chi connectivity index (χ0) is 47.4. The summed E-state index contributed by atoms with van der Waals surface area (Å²) in [5.41, 5.74) is 7.57. The van der Waals surface area contributed by atoms with Crippen LogP contribution in [0.15, 0.2) is 47.2 Å². The van der Waals surface area contributed by atoms with Crippen LogP contribution in [0.25, 0.3) is 0 Å². The van der Waals surface area contributed by atoms with Gasteiger partial charge in [0.2, 0.25) is 0 Å². The van der Waals surface area contributed by atoms with E-state index in [4.69, 9.17) is 53.2 Å². The first-order chi connectivity index (χ1) is 31.0. The molecule has 19 nitrogen and oxygen atoms in total. The number of carbonyl (C=O) groups excluding carboxylic acids is 2. The van der Waals surface area contributed by atoms with Crippen molar-refractivity contribution >= 4 is 23.3 Å². The molecule has 5 rings (SSSR count). The fraction of sp³-hybridized carbons (Fsp3) is 0.739. The van der Waals surface area contributed by atoms with E-state index in [0.717, 1.165) is 5.57 Å². The Kier molecular flexibility index (Phi) is 20.3. The van der Waals surface area contributed by atoms with Gasteiger partial charge in [0, 0.05) is 38.6 Å². The Bertz CT molecular complexity index is 1770. The summed E-state index contributed by atoms with van der Waals surface area (Å²) in [4.78, 5) is 39.6. The largest absolute Gasteiger partial charge is 0.465 e. The summed E-state index contributed by atoms with van der Waals surface area (Å²) in [6.45, 7) is 9.18. The summed E-state index contributed by atoms with van der Waals surface area (Å²) >= 11 is 0. The molecule has 5 N–H and O–H groups in total. The molecule has 3 saturated heterocycles. The molecule has 0 aromatic carbocycles. The van der Waals surface area contributed by atoms with E-state index in [1.165, 1.54) is 20.3 Å². The minimum atomic E-state index is -1.26. The number of nitrogens with two attached hydrogens (primary N) is 1. The van der Waals surface area contributed by atoms with E-state index in [1.807, 2.05) is 26.8 Å². The van der Waals surface area contributed by atoms with Crippen molar-refractivity contribution in [2.24, 2.45) is 28.8 Å². The molecule has 4 aliphatic heterocycles. The molecule has 5 heterocycles. The topological polar surface area (TPSA) is 242 Å². The number of ether oxygens (including phenoxy) is 9. The number of allylic oxidation sites excluding steroid dienone is 3. The zero-order valence-electron chi connectivity index (χ0n) is 39.2. The fourth-order valence-corrected chi connectivity index (χ4v) is 8.87. The van der Waals surface area contributed by atoms with Crippen LogP contribution in [-0.2, 0) is 63.7 Å². The van der Waals surface area contributed by atoms with E-state index in [0.29, 0.717) is 30.1 Å². The molecule has 16 atom stereocenters. The number of aliphatic hydroxyl groups is 3. The maximum absolute atomic E-state index is 14.1. The highest BCUT2D eigenvalue weighted by Crippen LogP contribution is 2.36. The van der Waals surface area contributed by atoms with Gasteiger partial charge in [-0.3, -0.25) is 9.59 Å². The van der Waals surface area contributed by atoms with E-state index >= 15 is 0 Å². The van der Waals surface area contributed by atoms with E-state index < -0.39 is 97.3 Å². The number of pyridine rings is 1. The molecule has 0 saturated carbocycles. The molecule has 1 aromatic rings. The van der Waals surface area contributed by atoms with E-state index in [-0.39, 0.29) is 57.8 Å². The zero-order valence-corrected chi connectivity index (χ0v) is 39.2. The van der Waals surface area contributed by atoms with Gasteiger partial charge in [0.25, 0.3) is 0 Å². The number of likely N-dealkylation sites (N-methyl/N-ethyl adjacent to an activating group) is 1. The van der Waals surface area contributed by atoms with E-state index in [2.05, 4.69) is 10.1 Å². The molecule has 0 amide bonds. The summed E-state index contributed by atoms with van der Waals surface area (Å²) in [6, 6.07) is 4.49. The van der Waals surface area contributed by atoms with E-state index in [1.54, 1.807) is 57.1 Å². The van der Waals surface area contributed by atoms with E-state index in [9.17, 15) is 24.9 Å².